The first-order valence-corrected chi connectivity index (χ1v) is 9.56. The van der Waals surface area contributed by atoms with Gasteiger partial charge in [-0.05, 0) is 36.4 Å². The molecule has 0 spiro atoms. The molecule has 1 aromatic carbocycles. The number of methoxy groups -OCH3 is 1. The maximum Gasteiger partial charge on any atom is 0.272 e. The fourth-order valence-electron chi connectivity index (χ4n) is 3.34. The van der Waals surface area contributed by atoms with Crippen molar-refractivity contribution in [3.63, 3.8) is 0 Å². The summed E-state index contributed by atoms with van der Waals surface area (Å²) in [6.07, 6.45) is 3.46. The zero-order chi connectivity index (χ0) is 20.1. The summed E-state index contributed by atoms with van der Waals surface area (Å²) in [5, 5.41) is 3.27. The molecule has 0 atom stereocenters. The smallest absolute Gasteiger partial charge is 0.272 e. The van der Waals surface area contributed by atoms with Crippen LogP contribution in [0, 0.1) is 0 Å². The molecule has 2 aromatic heterocycles. The van der Waals surface area contributed by atoms with Crippen molar-refractivity contribution < 1.29 is 9.53 Å². The number of aromatic nitrogens is 2. The molecule has 0 saturated carbocycles. The molecule has 7 nitrogen and oxygen atoms in total. The lowest BCUT2D eigenvalue weighted by Crippen LogP contribution is -2.49. The summed E-state index contributed by atoms with van der Waals surface area (Å²) in [4.78, 5) is 25.6. The molecule has 1 aliphatic heterocycles. The summed E-state index contributed by atoms with van der Waals surface area (Å²) in [5.74, 6) is 1.65. The molecule has 1 fully saturated rings. The highest BCUT2D eigenvalue weighted by atomic mass is 16.5. The first kappa shape index (κ1) is 18.7. The molecule has 3 heterocycles. The predicted octanol–water partition coefficient (Wildman–Crippen LogP) is 3.19. The average molecular weight is 389 g/mol. The molecular weight excluding hydrogens is 366 g/mol. The summed E-state index contributed by atoms with van der Waals surface area (Å²) in [6.45, 7) is 2.82. The van der Waals surface area contributed by atoms with E-state index in [0.717, 1.165) is 36.0 Å². The number of rotatable bonds is 5. The van der Waals surface area contributed by atoms with Gasteiger partial charge in [-0.15, -0.1) is 0 Å². The minimum absolute atomic E-state index is 0.0467. The molecule has 0 aliphatic carbocycles. The second-order valence-electron chi connectivity index (χ2n) is 6.72. The molecule has 148 valence electrons. The van der Waals surface area contributed by atoms with Gasteiger partial charge >= 0.3 is 0 Å². The quantitative estimate of drug-likeness (QED) is 0.723. The number of amides is 1. The van der Waals surface area contributed by atoms with E-state index >= 15 is 0 Å². The topological polar surface area (TPSA) is 70.6 Å². The van der Waals surface area contributed by atoms with Gasteiger partial charge in [-0.2, -0.15) is 0 Å². The predicted molar refractivity (Wildman–Crippen MR) is 113 cm³/mol. The molecule has 1 aliphatic rings. The van der Waals surface area contributed by atoms with Crippen molar-refractivity contribution in [3.8, 4) is 5.75 Å². The molecule has 29 heavy (non-hydrogen) atoms. The number of benzene rings is 1. The fourth-order valence-corrected chi connectivity index (χ4v) is 3.34. The van der Waals surface area contributed by atoms with E-state index < -0.39 is 0 Å². The number of para-hydroxylation sites is 2. The third-order valence-corrected chi connectivity index (χ3v) is 4.91. The van der Waals surface area contributed by atoms with E-state index in [1.54, 1.807) is 25.6 Å². The zero-order valence-electron chi connectivity index (χ0n) is 16.3. The highest BCUT2D eigenvalue weighted by Gasteiger charge is 2.23. The standard InChI is InChI=1S/C22H23N5O2/c1-29-20-7-3-2-6-18(20)25-17-9-10-19(24-16-17)22(28)27-14-12-26(13-15-27)21-8-4-5-11-23-21/h2-11,16,25H,12-15H2,1H3. The molecule has 3 aromatic rings. The lowest BCUT2D eigenvalue weighted by atomic mass is 10.2. The third-order valence-electron chi connectivity index (χ3n) is 4.91. The lowest BCUT2D eigenvalue weighted by Gasteiger charge is -2.35. The highest BCUT2D eigenvalue weighted by Crippen LogP contribution is 2.26. The molecular formula is C22H23N5O2. The second kappa shape index (κ2) is 8.60. The van der Waals surface area contributed by atoms with Gasteiger partial charge in [0.25, 0.3) is 5.91 Å². The van der Waals surface area contributed by atoms with Gasteiger partial charge in [0.05, 0.1) is 24.7 Å². The third kappa shape index (κ3) is 4.29. The molecule has 4 rings (SSSR count). The van der Waals surface area contributed by atoms with Gasteiger partial charge in [0.2, 0.25) is 0 Å². The van der Waals surface area contributed by atoms with Crippen LogP contribution in [0.4, 0.5) is 17.2 Å². The van der Waals surface area contributed by atoms with Gasteiger partial charge < -0.3 is 19.9 Å². The Morgan fingerprint density at radius 1 is 0.966 bits per heavy atom. The normalized spacial score (nSPS) is 13.8. The van der Waals surface area contributed by atoms with Crippen LogP contribution in [0.2, 0.25) is 0 Å². The fraction of sp³-hybridized carbons (Fsp3) is 0.227. The van der Waals surface area contributed by atoms with Crippen molar-refractivity contribution in [2.75, 3.05) is 43.5 Å². The largest absolute Gasteiger partial charge is 0.495 e. The van der Waals surface area contributed by atoms with Gasteiger partial charge in [0.1, 0.15) is 17.3 Å². The van der Waals surface area contributed by atoms with Crippen LogP contribution in [0.25, 0.3) is 0 Å². The van der Waals surface area contributed by atoms with E-state index in [1.807, 2.05) is 53.4 Å². The molecule has 1 amide bonds. The van der Waals surface area contributed by atoms with E-state index in [1.165, 1.54) is 0 Å². The Labute approximate surface area is 170 Å². The number of ether oxygens (including phenoxy) is 1. The first-order chi connectivity index (χ1) is 14.2. The van der Waals surface area contributed by atoms with Crippen LogP contribution in [0.5, 0.6) is 5.75 Å². The number of carbonyl (C=O) groups is 1. The van der Waals surface area contributed by atoms with Crippen LogP contribution in [0.1, 0.15) is 10.5 Å². The molecule has 1 N–H and O–H groups in total. The van der Waals surface area contributed by atoms with Crippen molar-refractivity contribution in [1.29, 1.82) is 0 Å². The summed E-state index contributed by atoms with van der Waals surface area (Å²) in [6, 6.07) is 17.1. The number of anilines is 3. The minimum atomic E-state index is -0.0467. The number of nitrogens with one attached hydrogen (secondary N) is 1. The van der Waals surface area contributed by atoms with Crippen LogP contribution in [-0.4, -0.2) is 54.1 Å². The Balaban J connectivity index is 1.37. The van der Waals surface area contributed by atoms with Crippen LogP contribution >= 0.6 is 0 Å². The van der Waals surface area contributed by atoms with Gasteiger partial charge in [-0.3, -0.25) is 4.79 Å². The van der Waals surface area contributed by atoms with Crippen LogP contribution in [-0.2, 0) is 0 Å². The number of carbonyl (C=O) groups excluding carboxylic acids is 1. The monoisotopic (exact) mass is 389 g/mol. The molecule has 7 heteroatoms. The maximum atomic E-state index is 12.8. The van der Waals surface area contributed by atoms with Crippen molar-refractivity contribution in [1.82, 2.24) is 14.9 Å². The van der Waals surface area contributed by atoms with Crippen LogP contribution in [0.3, 0.4) is 0 Å². The van der Waals surface area contributed by atoms with Crippen LogP contribution in [0.15, 0.2) is 67.0 Å². The average Bonchev–Trinajstić information content (AvgIpc) is 2.80. The summed E-state index contributed by atoms with van der Waals surface area (Å²) < 4.78 is 5.35. The number of hydrogen-bond acceptors (Lipinski definition) is 6. The summed E-state index contributed by atoms with van der Waals surface area (Å²) in [5.41, 5.74) is 2.09. The van der Waals surface area contributed by atoms with Crippen molar-refractivity contribution in [2.24, 2.45) is 0 Å². The summed E-state index contributed by atoms with van der Waals surface area (Å²) >= 11 is 0. The number of piperazine rings is 1. The Morgan fingerprint density at radius 3 is 2.45 bits per heavy atom. The zero-order valence-corrected chi connectivity index (χ0v) is 16.3. The molecule has 0 radical (unpaired) electrons. The number of pyridine rings is 2. The number of hydrogen-bond donors (Lipinski definition) is 1. The molecule has 1 saturated heterocycles. The minimum Gasteiger partial charge on any atom is -0.495 e. The Kier molecular flexibility index (Phi) is 5.56. The van der Waals surface area contributed by atoms with Gasteiger partial charge in [-0.25, -0.2) is 9.97 Å². The molecule has 0 unspecified atom stereocenters. The molecule has 0 bridgehead atoms. The van der Waals surface area contributed by atoms with Crippen molar-refractivity contribution in [2.45, 2.75) is 0 Å². The summed E-state index contributed by atoms with van der Waals surface area (Å²) in [7, 11) is 1.63. The van der Waals surface area contributed by atoms with E-state index in [0.29, 0.717) is 18.8 Å². The first-order valence-electron chi connectivity index (χ1n) is 9.56. The van der Waals surface area contributed by atoms with Gasteiger partial charge in [0, 0.05) is 32.4 Å². The van der Waals surface area contributed by atoms with Gasteiger partial charge in [-0.1, -0.05) is 18.2 Å². The number of nitrogens with zero attached hydrogens (tertiary/aromatic N) is 4. The van der Waals surface area contributed by atoms with E-state index in [2.05, 4.69) is 20.2 Å². The van der Waals surface area contributed by atoms with E-state index in [4.69, 9.17) is 4.74 Å². The Bertz CT molecular complexity index is 954. The van der Waals surface area contributed by atoms with Gasteiger partial charge in [0.15, 0.2) is 0 Å². The lowest BCUT2D eigenvalue weighted by molar-refractivity contribution is 0.0740. The van der Waals surface area contributed by atoms with Crippen molar-refractivity contribution >= 4 is 23.1 Å². The SMILES string of the molecule is COc1ccccc1Nc1ccc(C(=O)N2CCN(c3ccccn3)CC2)nc1. The van der Waals surface area contributed by atoms with Crippen LogP contribution < -0.4 is 15.0 Å². The second-order valence-corrected chi connectivity index (χ2v) is 6.72. The Hall–Kier alpha value is -3.61. The highest BCUT2D eigenvalue weighted by molar-refractivity contribution is 5.92. The van der Waals surface area contributed by atoms with E-state index in [9.17, 15) is 4.79 Å². The maximum absolute atomic E-state index is 12.8. The van der Waals surface area contributed by atoms with E-state index in [-0.39, 0.29) is 5.91 Å². The van der Waals surface area contributed by atoms with Crippen molar-refractivity contribution in [3.05, 3.63) is 72.7 Å². The Morgan fingerprint density at radius 2 is 1.76 bits per heavy atom.